The van der Waals surface area contributed by atoms with E-state index in [4.69, 9.17) is 4.74 Å². The van der Waals surface area contributed by atoms with Crippen molar-refractivity contribution in [2.24, 2.45) is 5.92 Å². The zero-order valence-corrected chi connectivity index (χ0v) is 16.0. The Balaban J connectivity index is 1.85. The summed E-state index contributed by atoms with van der Waals surface area (Å²) in [6.07, 6.45) is 2.45. The van der Waals surface area contributed by atoms with Gasteiger partial charge in [0, 0.05) is 18.1 Å². The van der Waals surface area contributed by atoms with Crippen molar-refractivity contribution in [3.63, 3.8) is 0 Å². The molecule has 2 rings (SSSR count). The lowest BCUT2D eigenvalue weighted by Gasteiger charge is -2.23. The molecule has 0 unspecified atom stereocenters. The topological polar surface area (TPSA) is 71.5 Å². The maximum absolute atomic E-state index is 12.5. The summed E-state index contributed by atoms with van der Waals surface area (Å²) in [6, 6.07) is 9.69. The second-order valence-electron chi connectivity index (χ2n) is 6.36. The summed E-state index contributed by atoms with van der Waals surface area (Å²) in [5.41, 5.74) is 1.01. The van der Waals surface area contributed by atoms with Gasteiger partial charge in [0.15, 0.2) is 5.13 Å². The van der Waals surface area contributed by atoms with Crippen LogP contribution in [0.4, 0.5) is 5.13 Å². The Kier molecular flexibility index (Phi) is 8.24. The first-order valence-electron chi connectivity index (χ1n) is 8.63. The Bertz CT molecular complexity index is 675. The van der Waals surface area contributed by atoms with Crippen molar-refractivity contribution in [2.75, 3.05) is 25.0 Å². The van der Waals surface area contributed by atoms with Gasteiger partial charge in [0.1, 0.15) is 6.61 Å². The van der Waals surface area contributed by atoms with Crippen LogP contribution in [0.1, 0.15) is 25.8 Å². The third kappa shape index (κ3) is 7.33. The first-order valence-corrected chi connectivity index (χ1v) is 9.51. The summed E-state index contributed by atoms with van der Waals surface area (Å²) in [4.78, 5) is 30.3. The van der Waals surface area contributed by atoms with Crippen LogP contribution in [0.5, 0.6) is 0 Å². The summed E-state index contributed by atoms with van der Waals surface area (Å²) < 4.78 is 5.52. The van der Waals surface area contributed by atoms with E-state index in [0.29, 0.717) is 24.2 Å². The van der Waals surface area contributed by atoms with Crippen molar-refractivity contribution in [1.82, 2.24) is 9.88 Å². The molecule has 0 spiro atoms. The summed E-state index contributed by atoms with van der Waals surface area (Å²) in [5, 5.41) is 5.03. The maximum Gasteiger partial charge on any atom is 0.249 e. The standard InChI is InChI=1S/C19H25N3O3S/c1-15(2)8-10-22(12-17(23)21-19-20-9-11-26-19)18(24)14-25-13-16-6-4-3-5-7-16/h3-7,9,11,15H,8,10,12-14H2,1-2H3,(H,20,21,23). The molecule has 0 fully saturated rings. The minimum atomic E-state index is -0.250. The summed E-state index contributed by atoms with van der Waals surface area (Å²) in [5.74, 6) is 0.00791. The van der Waals surface area contributed by atoms with Crippen LogP contribution in [-0.4, -0.2) is 41.4 Å². The quantitative estimate of drug-likeness (QED) is 0.692. The molecule has 2 amide bonds. The molecule has 1 aromatic carbocycles. The number of thiazole rings is 1. The molecule has 0 saturated carbocycles. The number of anilines is 1. The van der Waals surface area contributed by atoms with Crippen molar-refractivity contribution in [3.05, 3.63) is 47.5 Å². The first-order chi connectivity index (χ1) is 12.5. The monoisotopic (exact) mass is 375 g/mol. The fourth-order valence-electron chi connectivity index (χ4n) is 2.25. The normalized spacial score (nSPS) is 10.7. The highest BCUT2D eigenvalue weighted by Gasteiger charge is 2.18. The van der Waals surface area contributed by atoms with Crippen molar-refractivity contribution in [2.45, 2.75) is 26.9 Å². The van der Waals surface area contributed by atoms with Gasteiger partial charge < -0.3 is 15.0 Å². The van der Waals surface area contributed by atoms with Crippen molar-refractivity contribution < 1.29 is 14.3 Å². The van der Waals surface area contributed by atoms with E-state index in [9.17, 15) is 9.59 Å². The largest absolute Gasteiger partial charge is 0.367 e. The fraction of sp³-hybridized carbons (Fsp3) is 0.421. The molecule has 26 heavy (non-hydrogen) atoms. The molecule has 2 aromatic rings. The summed E-state index contributed by atoms with van der Waals surface area (Å²) in [6.45, 7) is 5.03. The van der Waals surface area contributed by atoms with Crippen molar-refractivity contribution in [3.8, 4) is 0 Å². The van der Waals surface area contributed by atoms with E-state index in [1.807, 2.05) is 30.3 Å². The third-order valence-electron chi connectivity index (χ3n) is 3.68. The lowest BCUT2D eigenvalue weighted by atomic mass is 10.1. The highest BCUT2D eigenvalue weighted by atomic mass is 32.1. The van der Waals surface area contributed by atoms with Crippen molar-refractivity contribution >= 4 is 28.3 Å². The fourth-order valence-corrected chi connectivity index (χ4v) is 2.79. The lowest BCUT2D eigenvalue weighted by Crippen LogP contribution is -2.41. The molecule has 7 heteroatoms. The van der Waals surface area contributed by atoms with E-state index >= 15 is 0 Å². The Morgan fingerprint density at radius 3 is 2.69 bits per heavy atom. The number of ether oxygens (including phenoxy) is 1. The molecule has 1 N–H and O–H groups in total. The van der Waals surface area contributed by atoms with Crippen molar-refractivity contribution in [1.29, 1.82) is 0 Å². The summed E-state index contributed by atoms with van der Waals surface area (Å²) in [7, 11) is 0. The minimum absolute atomic E-state index is 0.000168. The molecule has 0 radical (unpaired) electrons. The van der Waals surface area contributed by atoms with E-state index in [1.165, 1.54) is 11.3 Å². The van der Waals surface area contributed by atoms with Crippen LogP contribution in [0.15, 0.2) is 41.9 Å². The number of hydrogen-bond acceptors (Lipinski definition) is 5. The Labute approximate surface area is 158 Å². The average Bonchev–Trinajstić information content (AvgIpc) is 3.12. The van der Waals surface area contributed by atoms with Gasteiger partial charge in [-0.3, -0.25) is 9.59 Å². The van der Waals surface area contributed by atoms with Crippen LogP contribution in [0.3, 0.4) is 0 Å². The number of aromatic nitrogens is 1. The highest BCUT2D eigenvalue weighted by Crippen LogP contribution is 2.10. The molecule has 6 nitrogen and oxygen atoms in total. The second-order valence-corrected chi connectivity index (χ2v) is 7.26. The van der Waals surface area contributed by atoms with Gasteiger partial charge in [-0.1, -0.05) is 44.2 Å². The Morgan fingerprint density at radius 1 is 1.27 bits per heavy atom. The molecular weight excluding hydrogens is 350 g/mol. The lowest BCUT2D eigenvalue weighted by molar-refractivity contribution is -0.139. The molecule has 0 aliphatic heterocycles. The number of nitrogens with one attached hydrogen (secondary N) is 1. The molecule has 1 aromatic heterocycles. The van der Waals surface area contributed by atoms with E-state index in [-0.39, 0.29) is 25.0 Å². The number of rotatable bonds is 10. The number of carbonyl (C=O) groups is 2. The number of nitrogens with zero attached hydrogens (tertiary/aromatic N) is 2. The number of hydrogen-bond donors (Lipinski definition) is 1. The van der Waals surface area contributed by atoms with Gasteiger partial charge in [-0.25, -0.2) is 4.98 Å². The maximum atomic E-state index is 12.5. The summed E-state index contributed by atoms with van der Waals surface area (Å²) >= 11 is 1.35. The zero-order chi connectivity index (χ0) is 18.8. The minimum Gasteiger partial charge on any atom is -0.367 e. The smallest absolute Gasteiger partial charge is 0.249 e. The zero-order valence-electron chi connectivity index (χ0n) is 15.2. The van der Waals surface area contributed by atoms with Gasteiger partial charge >= 0.3 is 0 Å². The van der Waals surface area contributed by atoms with Gasteiger partial charge in [-0.2, -0.15) is 0 Å². The third-order valence-corrected chi connectivity index (χ3v) is 4.37. The molecule has 0 aliphatic carbocycles. The predicted octanol–water partition coefficient (Wildman–Crippen LogP) is 3.17. The predicted molar refractivity (Wildman–Crippen MR) is 103 cm³/mol. The highest BCUT2D eigenvalue weighted by molar-refractivity contribution is 7.13. The van der Waals surface area contributed by atoms with Gasteiger partial charge in [0.05, 0.1) is 13.2 Å². The van der Waals surface area contributed by atoms with Crippen LogP contribution in [0, 0.1) is 5.92 Å². The van der Waals surface area contributed by atoms with Crippen LogP contribution in [0.2, 0.25) is 0 Å². The molecule has 0 saturated heterocycles. The molecule has 0 aliphatic rings. The van der Waals surface area contributed by atoms with Crippen LogP contribution in [-0.2, 0) is 20.9 Å². The Morgan fingerprint density at radius 2 is 2.04 bits per heavy atom. The van der Waals surface area contributed by atoms with Crippen LogP contribution in [0.25, 0.3) is 0 Å². The van der Waals surface area contributed by atoms with Gasteiger partial charge in [0.25, 0.3) is 0 Å². The van der Waals surface area contributed by atoms with E-state index in [1.54, 1.807) is 16.5 Å². The first kappa shape index (κ1) is 20.1. The molecule has 1 heterocycles. The van der Waals surface area contributed by atoms with Crippen LogP contribution >= 0.6 is 11.3 Å². The molecule has 0 bridgehead atoms. The van der Waals surface area contributed by atoms with E-state index in [0.717, 1.165) is 12.0 Å². The number of amides is 2. The van der Waals surface area contributed by atoms with Gasteiger partial charge in [0.2, 0.25) is 11.8 Å². The molecule has 140 valence electrons. The Hall–Kier alpha value is -2.25. The number of benzene rings is 1. The van der Waals surface area contributed by atoms with Gasteiger partial charge in [-0.05, 0) is 17.9 Å². The van der Waals surface area contributed by atoms with E-state index in [2.05, 4.69) is 24.1 Å². The average molecular weight is 375 g/mol. The SMILES string of the molecule is CC(C)CCN(CC(=O)Nc1nccs1)C(=O)COCc1ccccc1. The van der Waals surface area contributed by atoms with E-state index < -0.39 is 0 Å². The molecule has 0 atom stereocenters. The second kappa shape index (κ2) is 10.7. The van der Waals surface area contributed by atoms with Gasteiger partial charge in [-0.15, -0.1) is 11.3 Å². The number of carbonyl (C=O) groups excluding carboxylic acids is 2. The van der Waals surface area contributed by atoms with Crippen LogP contribution < -0.4 is 5.32 Å². The molecular formula is C19H25N3O3S.